The van der Waals surface area contributed by atoms with E-state index in [1.807, 2.05) is 6.92 Å². The normalized spacial score (nSPS) is 12.5. The second-order valence-corrected chi connectivity index (χ2v) is 3.25. The molecule has 1 aromatic rings. The first-order valence-electron chi connectivity index (χ1n) is 3.77. The van der Waals surface area contributed by atoms with Crippen molar-refractivity contribution in [1.29, 1.82) is 0 Å². The highest BCUT2D eigenvalue weighted by atomic mass is 35.5. The van der Waals surface area contributed by atoms with Crippen LogP contribution < -0.4 is 5.73 Å². The highest BCUT2D eigenvalue weighted by Gasteiger charge is 2.16. The first-order valence-corrected chi connectivity index (χ1v) is 4.14. The Morgan fingerprint density at radius 3 is 2.69 bits per heavy atom. The zero-order valence-electron chi connectivity index (χ0n) is 7.12. The van der Waals surface area contributed by atoms with E-state index in [4.69, 9.17) is 22.4 Å². The Bertz CT molecular complexity index is 338. The molecular weight excluding hydrogens is 190 g/mol. The molecule has 0 amide bonds. The highest BCUT2D eigenvalue weighted by Crippen LogP contribution is 2.22. The predicted molar refractivity (Wildman–Crippen MR) is 50.8 cm³/mol. The van der Waals surface area contributed by atoms with E-state index in [-0.39, 0.29) is 0 Å². The van der Waals surface area contributed by atoms with E-state index in [2.05, 4.69) is 0 Å². The second kappa shape index (κ2) is 3.77. The molecule has 0 heterocycles. The number of aliphatic carboxylic acids is 1. The van der Waals surface area contributed by atoms with Crippen LogP contribution in [0.2, 0.25) is 5.02 Å². The minimum atomic E-state index is -1.08. The molecule has 0 saturated heterocycles. The predicted octanol–water partition coefficient (Wildman–Crippen LogP) is 1.73. The Hall–Kier alpha value is -1.06. The summed E-state index contributed by atoms with van der Waals surface area (Å²) in [6.07, 6.45) is 0. The van der Waals surface area contributed by atoms with Crippen LogP contribution in [0.3, 0.4) is 0 Å². The number of hydrogen-bond acceptors (Lipinski definition) is 2. The Labute approximate surface area is 81.1 Å². The van der Waals surface area contributed by atoms with Crippen molar-refractivity contribution in [2.24, 2.45) is 5.73 Å². The Morgan fingerprint density at radius 2 is 2.23 bits per heavy atom. The first-order chi connectivity index (χ1) is 6.02. The van der Waals surface area contributed by atoms with Gasteiger partial charge in [-0.25, -0.2) is 0 Å². The molecule has 0 radical (unpaired) electrons. The molecule has 1 aromatic carbocycles. The number of hydrogen-bond donors (Lipinski definition) is 2. The van der Waals surface area contributed by atoms with Gasteiger partial charge in [-0.1, -0.05) is 23.7 Å². The second-order valence-electron chi connectivity index (χ2n) is 2.84. The number of carboxylic acids is 1. The van der Waals surface area contributed by atoms with Gasteiger partial charge >= 0.3 is 5.97 Å². The van der Waals surface area contributed by atoms with E-state index in [1.165, 1.54) is 0 Å². The van der Waals surface area contributed by atoms with Crippen LogP contribution in [0.4, 0.5) is 0 Å². The number of carboxylic acid groups (broad SMARTS) is 1. The smallest absolute Gasteiger partial charge is 0.325 e. The molecule has 3 nitrogen and oxygen atoms in total. The molecule has 0 aliphatic rings. The number of aryl methyl sites for hydroxylation is 1. The fourth-order valence-corrected chi connectivity index (χ4v) is 1.37. The van der Waals surface area contributed by atoms with Crippen molar-refractivity contribution in [2.75, 3.05) is 0 Å². The third kappa shape index (κ3) is 2.20. The largest absolute Gasteiger partial charge is 0.480 e. The van der Waals surface area contributed by atoms with Crippen molar-refractivity contribution < 1.29 is 9.90 Å². The number of halogens is 1. The van der Waals surface area contributed by atoms with Crippen molar-refractivity contribution in [3.05, 3.63) is 34.3 Å². The van der Waals surface area contributed by atoms with Gasteiger partial charge in [0.25, 0.3) is 0 Å². The van der Waals surface area contributed by atoms with Gasteiger partial charge in [0.05, 0.1) is 0 Å². The van der Waals surface area contributed by atoms with Crippen LogP contribution in [0.1, 0.15) is 17.2 Å². The Morgan fingerprint density at radius 1 is 1.62 bits per heavy atom. The van der Waals surface area contributed by atoms with Crippen molar-refractivity contribution in [3.63, 3.8) is 0 Å². The maximum Gasteiger partial charge on any atom is 0.325 e. The monoisotopic (exact) mass is 199 g/mol. The number of carbonyl (C=O) groups is 1. The zero-order valence-corrected chi connectivity index (χ0v) is 7.88. The molecule has 70 valence electrons. The van der Waals surface area contributed by atoms with E-state index in [0.717, 1.165) is 5.56 Å². The fraction of sp³-hybridized carbons (Fsp3) is 0.222. The van der Waals surface area contributed by atoms with Crippen molar-refractivity contribution >= 4 is 17.6 Å². The molecule has 3 N–H and O–H groups in total. The molecule has 0 fully saturated rings. The van der Waals surface area contributed by atoms with E-state index in [9.17, 15) is 4.79 Å². The molecule has 0 aromatic heterocycles. The molecule has 0 aliphatic carbocycles. The fourth-order valence-electron chi connectivity index (χ4n) is 1.02. The molecule has 0 saturated carbocycles. The topological polar surface area (TPSA) is 63.3 Å². The summed E-state index contributed by atoms with van der Waals surface area (Å²) < 4.78 is 0. The van der Waals surface area contributed by atoms with E-state index in [1.54, 1.807) is 18.2 Å². The van der Waals surface area contributed by atoms with Gasteiger partial charge < -0.3 is 10.8 Å². The number of nitrogens with two attached hydrogens (primary N) is 1. The molecule has 0 spiro atoms. The van der Waals surface area contributed by atoms with Gasteiger partial charge in [-0.3, -0.25) is 4.79 Å². The van der Waals surface area contributed by atoms with Crippen LogP contribution in [-0.2, 0) is 4.79 Å². The van der Waals surface area contributed by atoms with Crippen molar-refractivity contribution in [2.45, 2.75) is 13.0 Å². The van der Waals surface area contributed by atoms with E-state index in [0.29, 0.717) is 10.6 Å². The van der Waals surface area contributed by atoms with Crippen LogP contribution in [0.5, 0.6) is 0 Å². The summed E-state index contributed by atoms with van der Waals surface area (Å²) in [7, 11) is 0. The molecule has 13 heavy (non-hydrogen) atoms. The molecular formula is C9H10ClNO2. The van der Waals surface area contributed by atoms with Gasteiger partial charge in [-0.05, 0) is 24.1 Å². The third-order valence-electron chi connectivity index (χ3n) is 1.76. The zero-order chi connectivity index (χ0) is 10.0. The lowest BCUT2D eigenvalue weighted by Crippen LogP contribution is -2.20. The maximum atomic E-state index is 10.6. The summed E-state index contributed by atoms with van der Waals surface area (Å²) in [5, 5.41) is 9.04. The first kappa shape index (κ1) is 10.0. The molecule has 4 heteroatoms. The summed E-state index contributed by atoms with van der Waals surface area (Å²) in [6, 6.07) is 4.06. The molecule has 1 unspecified atom stereocenters. The van der Waals surface area contributed by atoms with Gasteiger partial charge in [0.2, 0.25) is 0 Å². The molecule has 1 atom stereocenters. The molecule has 1 rings (SSSR count). The van der Waals surface area contributed by atoms with Crippen molar-refractivity contribution in [1.82, 2.24) is 0 Å². The minimum Gasteiger partial charge on any atom is -0.480 e. The number of benzene rings is 1. The Kier molecular flexibility index (Phi) is 2.90. The average Bonchev–Trinajstić information content (AvgIpc) is 2.03. The lowest BCUT2D eigenvalue weighted by atomic mass is 10.1. The van der Waals surface area contributed by atoms with Crippen LogP contribution in [-0.4, -0.2) is 11.1 Å². The van der Waals surface area contributed by atoms with Crippen LogP contribution in [0, 0.1) is 6.92 Å². The third-order valence-corrected chi connectivity index (χ3v) is 2.08. The van der Waals surface area contributed by atoms with E-state index < -0.39 is 12.0 Å². The van der Waals surface area contributed by atoms with Gasteiger partial charge in [0.15, 0.2) is 0 Å². The minimum absolute atomic E-state index is 0.398. The van der Waals surface area contributed by atoms with Gasteiger partial charge in [0.1, 0.15) is 6.04 Å². The van der Waals surface area contributed by atoms with Gasteiger partial charge in [0, 0.05) is 5.02 Å². The van der Waals surface area contributed by atoms with E-state index >= 15 is 0 Å². The molecule has 0 bridgehead atoms. The van der Waals surface area contributed by atoms with Crippen LogP contribution >= 0.6 is 11.6 Å². The van der Waals surface area contributed by atoms with Gasteiger partial charge in [-0.15, -0.1) is 0 Å². The van der Waals surface area contributed by atoms with Crippen molar-refractivity contribution in [3.8, 4) is 0 Å². The van der Waals surface area contributed by atoms with Crippen LogP contribution in [0.15, 0.2) is 18.2 Å². The Balaban J connectivity index is 3.08. The summed E-state index contributed by atoms with van der Waals surface area (Å²) in [4.78, 5) is 10.6. The summed E-state index contributed by atoms with van der Waals surface area (Å²) >= 11 is 5.83. The highest BCUT2D eigenvalue weighted by molar-refractivity contribution is 6.31. The maximum absolute atomic E-state index is 10.6. The lowest BCUT2D eigenvalue weighted by Gasteiger charge is -2.08. The SMILES string of the molecule is Cc1ccc(C(N)C(=O)O)c(Cl)c1. The average molecular weight is 200 g/mol. The summed E-state index contributed by atoms with van der Waals surface area (Å²) in [5.41, 5.74) is 6.83. The quantitative estimate of drug-likeness (QED) is 0.763. The summed E-state index contributed by atoms with van der Waals surface area (Å²) in [5.74, 6) is -1.08. The molecule has 0 aliphatic heterocycles. The standard InChI is InChI=1S/C9H10ClNO2/c1-5-2-3-6(7(10)4-5)8(11)9(12)13/h2-4,8H,11H2,1H3,(H,12,13). The summed E-state index contributed by atoms with van der Waals surface area (Å²) in [6.45, 7) is 1.88. The van der Waals surface area contributed by atoms with Gasteiger partial charge in [-0.2, -0.15) is 0 Å². The van der Waals surface area contributed by atoms with Crippen LogP contribution in [0.25, 0.3) is 0 Å². The number of rotatable bonds is 2. The lowest BCUT2D eigenvalue weighted by molar-refractivity contribution is -0.138.